The zero-order valence-corrected chi connectivity index (χ0v) is 12.2. The number of nitrogens with one attached hydrogen (secondary N) is 1. The van der Waals surface area contributed by atoms with Crippen LogP contribution in [0.4, 0.5) is 0 Å². The minimum Gasteiger partial charge on any atom is -0.480 e. The van der Waals surface area contributed by atoms with Gasteiger partial charge in [0.15, 0.2) is 0 Å². The van der Waals surface area contributed by atoms with Crippen LogP contribution in [0.25, 0.3) is 0 Å². The van der Waals surface area contributed by atoms with Crippen molar-refractivity contribution in [1.29, 1.82) is 0 Å². The van der Waals surface area contributed by atoms with Gasteiger partial charge in [-0.1, -0.05) is 64.7 Å². The summed E-state index contributed by atoms with van der Waals surface area (Å²) in [6, 6.07) is 0.325. The van der Waals surface area contributed by atoms with Crippen molar-refractivity contribution in [2.75, 3.05) is 6.54 Å². The summed E-state index contributed by atoms with van der Waals surface area (Å²) in [4.78, 5) is 10.4. The Balaban J connectivity index is 3.12. The van der Waals surface area contributed by atoms with Crippen molar-refractivity contribution in [3.05, 3.63) is 0 Å². The molecule has 108 valence electrons. The van der Waals surface area contributed by atoms with Crippen molar-refractivity contribution >= 4 is 5.97 Å². The molecule has 0 saturated carbocycles. The molecular weight excluding hydrogens is 226 g/mol. The molecule has 0 aromatic heterocycles. The Bertz CT molecular complexity index is 195. The summed E-state index contributed by atoms with van der Waals surface area (Å²) < 4.78 is 0. The molecule has 0 heterocycles. The van der Waals surface area contributed by atoms with Crippen molar-refractivity contribution in [3.8, 4) is 0 Å². The average molecular weight is 257 g/mol. The van der Waals surface area contributed by atoms with Crippen LogP contribution in [0, 0.1) is 0 Å². The molecule has 2 N–H and O–H groups in total. The lowest BCUT2D eigenvalue weighted by atomic mass is 10.0. The van der Waals surface area contributed by atoms with E-state index in [0.717, 1.165) is 6.42 Å². The molecule has 1 unspecified atom stereocenters. The van der Waals surface area contributed by atoms with Gasteiger partial charge in [-0.25, -0.2) is 0 Å². The van der Waals surface area contributed by atoms with Crippen LogP contribution in [0.1, 0.15) is 78.1 Å². The summed E-state index contributed by atoms with van der Waals surface area (Å²) in [6.07, 6.45) is 13.1. The maximum Gasteiger partial charge on any atom is 0.317 e. The van der Waals surface area contributed by atoms with Crippen LogP contribution in [-0.2, 0) is 4.79 Å². The van der Waals surface area contributed by atoms with Crippen LogP contribution in [0.3, 0.4) is 0 Å². The van der Waals surface area contributed by atoms with Crippen LogP contribution in [-0.4, -0.2) is 23.7 Å². The lowest BCUT2D eigenvalue weighted by Crippen LogP contribution is -2.31. The Morgan fingerprint density at radius 3 is 2.00 bits per heavy atom. The van der Waals surface area contributed by atoms with Gasteiger partial charge in [-0.2, -0.15) is 0 Å². The molecule has 0 fully saturated rings. The number of unbranched alkanes of at least 4 members (excludes halogenated alkanes) is 8. The number of carbonyl (C=O) groups is 1. The number of carboxylic acid groups (broad SMARTS) is 1. The third-order valence-corrected chi connectivity index (χ3v) is 3.34. The number of hydrogen-bond acceptors (Lipinski definition) is 2. The number of aliphatic carboxylic acids is 1. The highest BCUT2D eigenvalue weighted by Gasteiger charge is 2.03. The Morgan fingerprint density at radius 2 is 1.50 bits per heavy atom. The first-order valence-electron chi connectivity index (χ1n) is 7.62. The van der Waals surface area contributed by atoms with E-state index in [1.165, 1.54) is 57.8 Å². The first-order chi connectivity index (χ1) is 8.66. The molecule has 0 amide bonds. The lowest BCUT2D eigenvalue weighted by Gasteiger charge is -2.11. The van der Waals surface area contributed by atoms with E-state index in [2.05, 4.69) is 19.2 Å². The van der Waals surface area contributed by atoms with Crippen LogP contribution in [0.15, 0.2) is 0 Å². The van der Waals surface area contributed by atoms with E-state index in [1.54, 1.807) is 0 Å². The molecule has 0 spiro atoms. The fraction of sp³-hybridized carbons (Fsp3) is 0.933. The first kappa shape index (κ1) is 17.4. The van der Waals surface area contributed by atoms with Crippen LogP contribution in [0.2, 0.25) is 0 Å². The van der Waals surface area contributed by atoms with Gasteiger partial charge >= 0.3 is 5.97 Å². The van der Waals surface area contributed by atoms with Gasteiger partial charge in [-0.3, -0.25) is 4.79 Å². The molecule has 0 aliphatic rings. The summed E-state index contributed by atoms with van der Waals surface area (Å²) in [5, 5.41) is 11.5. The molecule has 0 radical (unpaired) electrons. The Hall–Kier alpha value is -0.570. The summed E-state index contributed by atoms with van der Waals surface area (Å²) >= 11 is 0. The monoisotopic (exact) mass is 257 g/mol. The summed E-state index contributed by atoms with van der Waals surface area (Å²) in [6.45, 7) is 4.39. The van der Waals surface area contributed by atoms with Gasteiger partial charge in [0.2, 0.25) is 0 Å². The number of hydrogen-bond donors (Lipinski definition) is 2. The Morgan fingerprint density at radius 1 is 1.00 bits per heavy atom. The summed E-state index contributed by atoms with van der Waals surface area (Å²) in [7, 11) is 0. The van der Waals surface area contributed by atoms with Crippen molar-refractivity contribution in [3.63, 3.8) is 0 Å². The van der Waals surface area contributed by atoms with E-state index in [-0.39, 0.29) is 6.54 Å². The van der Waals surface area contributed by atoms with Crippen molar-refractivity contribution in [2.24, 2.45) is 0 Å². The SMILES string of the molecule is CCCCCCCCCCCC(C)NCC(=O)O. The number of rotatable bonds is 13. The Labute approximate surface area is 112 Å². The summed E-state index contributed by atoms with van der Waals surface area (Å²) in [5.41, 5.74) is 0. The minimum absolute atomic E-state index is 0.0819. The van der Waals surface area contributed by atoms with Gasteiger partial charge in [0, 0.05) is 6.04 Å². The lowest BCUT2D eigenvalue weighted by molar-refractivity contribution is -0.136. The molecule has 0 aliphatic carbocycles. The molecule has 0 aromatic carbocycles. The quantitative estimate of drug-likeness (QED) is 0.491. The van der Waals surface area contributed by atoms with Gasteiger partial charge in [-0.05, 0) is 13.3 Å². The molecule has 0 aliphatic heterocycles. The van der Waals surface area contributed by atoms with Gasteiger partial charge in [0.05, 0.1) is 6.54 Å². The van der Waals surface area contributed by atoms with E-state index < -0.39 is 5.97 Å². The van der Waals surface area contributed by atoms with Gasteiger partial charge in [-0.15, -0.1) is 0 Å². The highest BCUT2D eigenvalue weighted by molar-refractivity contribution is 5.69. The molecule has 0 aromatic rings. The normalized spacial score (nSPS) is 12.6. The molecular formula is C15H31NO2. The Kier molecular flexibility index (Phi) is 12.5. The van der Waals surface area contributed by atoms with E-state index in [4.69, 9.17) is 5.11 Å². The second-order valence-corrected chi connectivity index (χ2v) is 5.29. The molecule has 0 bridgehead atoms. The van der Waals surface area contributed by atoms with Gasteiger partial charge < -0.3 is 10.4 Å². The maximum absolute atomic E-state index is 10.4. The van der Waals surface area contributed by atoms with Crippen molar-refractivity contribution < 1.29 is 9.90 Å². The highest BCUT2D eigenvalue weighted by atomic mass is 16.4. The third-order valence-electron chi connectivity index (χ3n) is 3.34. The highest BCUT2D eigenvalue weighted by Crippen LogP contribution is 2.11. The predicted octanol–water partition coefficient (Wildman–Crippen LogP) is 3.97. The fourth-order valence-corrected chi connectivity index (χ4v) is 2.12. The van der Waals surface area contributed by atoms with Crippen LogP contribution >= 0.6 is 0 Å². The average Bonchev–Trinajstić information content (AvgIpc) is 2.34. The van der Waals surface area contributed by atoms with Crippen molar-refractivity contribution in [2.45, 2.75) is 84.1 Å². The second kappa shape index (κ2) is 12.9. The molecule has 3 nitrogen and oxygen atoms in total. The predicted molar refractivity (Wildman–Crippen MR) is 76.9 cm³/mol. The molecule has 3 heteroatoms. The third kappa shape index (κ3) is 13.5. The largest absolute Gasteiger partial charge is 0.480 e. The van der Waals surface area contributed by atoms with E-state index in [0.29, 0.717) is 6.04 Å². The van der Waals surface area contributed by atoms with Crippen LogP contribution in [0.5, 0.6) is 0 Å². The van der Waals surface area contributed by atoms with Crippen molar-refractivity contribution in [1.82, 2.24) is 5.32 Å². The minimum atomic E-state index is -0.770. The van der Waals surface area contributed by atoms with Gasteiger partial charge in [0.1, 0.15) is 0 Å². The van der Waals surface area contributed by atoms with E-state index >= 15 is 0 Å². The first-order valence-corrected chi connectivity index (χ1v) is 7.62. The smallest absolute Gasteiger partial charge is 0.317 e. The second-order valence-electron chi connectivity index (χ2n) is 5.29. The zero-order chi connectivity index (χ0) is 13.6. The molecule has 18 heavy (non-hydrogen) atoms. The topological polar surface area (TPSA) is 49.3 Å². The zero-order valence-electron chi connectivity index (χ0n) is 12.2. The standard InChI is InChI=1S/C15H31NO2/c1-3-4-5-6-7-8-9-10-11-12-14(2)16-13-15(17)18/h14,16H,3-13H2,1-2H3,(H,17,18). The molecule has 0 saturated heterocycles. The van der Waals surface area contributed by atoms with E-state index in [1.807, 2.05) is 0 Å². The maximum atomic E-state index is 10.4. The molecule has 0 rings (SSSR count). The van der Waals surface area contributed by atoms with Gasteiger partial charge in [0.25, 0.3) is 0 Å². The van der Waals surface area contributed by atoms with E-state index in [9.17, 15) is 4.79 Å². The number of carboxylic acids is 1. The fourth-order valence-electron chi connectivity index (χ4n) is 2.12. The van der Waals surface area contributed by atoms with Crippen LogP contribution < -0.4 is 5.32 Å². The molecule has 1 atom stereocenters. The summed E-state index contributed by atoms with van der Waals surface area (Å²) in [5.74, 6) is -0.770.